The van der Waals surface area contributed by atoms with E-state index in [9.17, 15) is 9.59 Å². The van der Waals surface area contributed by atoms with Gasteiger partial charge in [-0.15, -0.1) is 0 Å². The summed E-state index contributed by atoms with van der Waals surface area (Å²) in [4.78, 5) is 27.1. The van der Waals surface area contributed by atoms with Crippen LogP contribution in [-0.4, -0.2) is 41.9 Å². The highest BCUT2D eigenvalue weighted by atomic mass is 16.2. The van der Waals surface area contributed by atoms with Crippen LogP contribution in [0.15, 0.2) is 24.3 Å². The van der Waals surface area contributed by atoms with E-state index >= 15 is 0 Å². The number of fused-ring (bicyclic) bond motifs is 1. The number of carbonyl (C=O) groups is 2. The van der Waals surface area contributed by atoms with Gasteiger partial charge >= 0.3 is 0 Å². The van der Waals surface area contributed by atoms with Crippen LogP contribution in [0.2, 0.25) is 0 Å². The third kappa shape index (κ3) is 3.71. The molecule has 1 aliphatic heterocycles. The van der Waals surface area contributed by atoms with Gasteiger partial charge in [-0.2, -0.15) is 0 Å². The summed E-state index contributed by atoms with van der Waals surface area (Å²) in [5.74, 6) is -0.0478. The lowest BCUT2D eigenvalue weighted by atomic mass is 10.1. The van der Waals surface area contributed by atoms with Crippen molar-refractivity contribution in [2.45, 2.75) is 63.1 Å². The summed E-state index contributed by atoms with van der Waals surface area (Å²) >= 11 is 0. The lowest BCUT2D eigenvalue weighted by Gasteiger charge is -2.29. The van der Waals surface area contributed by atoms with Crippen LogP contribution in [0.1, 0.15) is 55.7 Å². The summed E-state index contributed by atoms with van der Waals surface area (Å²) in [6, 6.07) is 9.10. The van der Waals surface area contributed by atoms with Gasteiger partial charge in [0.25, 0.3) is 0 Å². The summed E-state index contributed by atoms with van der Waals surface area (Å²) in [6.45, 7) is 1.12. The largest absolute Gasteiger partial charge is 0.354 e. The van der Waals surface area contributed by atoms with E-state index in [-0.39, 0.29) is 17.9 Å². The fourth-order valence-corrected chi connectivity index (χ4v) is 4.26. The maximum absolute atomic E-state index is 12.6. The van der Waals surface area contributed by atoms with Crippen LogP contribution in [0, 0.1) is 0 Å². The van der Waals surface area contributed by atoms with E-state index in [0.717, 1.165) is 38.6 Å². The zero-order valence-corrected chi connectivity index (χ0v) is 14.7. The average molecular weight is 341 g/mol. The van der Waals surface area contributed by atoms with Crippen molar-refractivity contribution in [2.24, 2.45) is 0 Å². The summed E-state index contributed by atoms with van der Waals surface area (Å²) < 4.78 is 0. The van der Waals surface area contributed by atoms with Crippen LogP contribution in [0.4, 0.5) is 0 Å². The smallest absolute Gasteiger partial charge is 0.242 e. The van der Waals surface area contributed by atoms with Crippen LogP contribution in [0.25, 0.3) is 0 Å². The third-order valence-corrected chi connectivity index (χ3v) is 5.71. The molecular weight excluding hydrogens is 314 g/mol. The van der Waals surface area contributed by atoms with Crippen LogP contribution in [0.5, 0.6) is 0 Å². The Hall–Kier alpha value is -1.88. The highest BCUT2D eigenvalue weighted by molar-refractivity contribution is 5.88. The first-order valence-electron chi connectivity index (χ1n) is 9.63. The molecule has 1 heterocycles. The van der Waals surface area contributed by atoms with Crippen molar-refractivity contribution in [3.8, 4) is 0 Å². The minimum Gasteiger partial charge on any atom is -0.354 e. The Labute approximate surface area is 149 Å². The molecule has 3 aliphatic rings. The minimum absolute atomic E-state index is 0.0154. The van der Waals surface area contributed by atoms with Gasteiger partial charge in [0.1, 0.15) is 6.04 Å². The summed E-state index contributed by atoms with van der Waals surface area (Å²) in [5, 5.41) is 5.87. The molecule has 0 aromatic heterocycles. The van der Waals surface area contributed by atoms with Crippen molar-refractivity contribution < 1.29 is 9.59 Å². The number of rotatable bonds is 5. The Morgan fingerprint density at radius 2 is 2.00 bits per heavy atom. The first-order chi connectivity index (χ1) is 12.2. The average Bonchev–Trinajstić information content (AvgIpc) is 3.39. The molecule has 0 radical (unpaired) electrons. The van der Waals surface area contributed by atoms with Gasteiger partial charge in [0, 0.05) is 18.6 Å². The molecule has 5 heteroatoms. The molecule has 5 nitrogen and oxygen atoms in total. The van der Waals surface area contributed by atoms with Crippen LogP contribution in [-0.2, 0) is 16.0 Å². The number of hydrogen-bond donors (Lipinski definition) is 2. The molecule has 25 heavy (non-hydrogen) atoms. The van der Waals surface area contributed by atoms with E-state index in [4.69, 9.17) is 0 Å². The van der Waals surface area contributed by atoms with Gasteiger partial charge in [-0.25, -0.2) is 0 Å². The van der Waals surface area contributed by atoms with Crippen LogP contribution < -0.4 is 10.6 Å². The first kappa shape index (κ1) is 16.6. The number of amides is 2. The normalized spacial score (nSPS) is 26.0. The minimum atomic E-state index is -0.369. The summed E-state index contributed by atoms with van der Waals surface area (Å²) in [7, 11) is 0. The molecule has 4 rings (SSSR count). The number of nitrogens with one attached hydrogen (secondary N) is 2. The van der Waals surface area contributed by atoms with E-state index < -0.39 is 0 Å². The molecule has 1 saturated carbocycles. The second-order valence-corrected chi connectivity index (χ2v) is 7.56. The zero-order valence-electron chi connectivity index (χ0n) is 14.7. The molecule has 0 spiro atoms. The highest BCUT2D eigenvalue weighted by Crippen LogP contribution is 2.41. The second-order valence-electron chi connectivity index (χ2n) is 7.56. The topological polar surface area (TPSA) is 61.4 Å². The van der Waals surface area contributed by atoms with Crippen molar-refractivity contribution in [2.75, 3.05) is 13.1 Å². The predicted octanol–water partition coefficient (Wildman–Crippen LogP) is 1.92. The Bertz CT molecular complexity index is 656. The molecule has 134 valence electrons. The first-order valence-corrected chi connectivity index (χ1v) is 9.63. The van der Waals surface area contributed by atoms with Crippen molar-refractivity contribution in [1.29, 1.82) is 0 Å². The van der Waals surface area contributed by atoms with Crippen molar-refractivity contribution in [3.05, 3.63) is 35.4 Å². The monoisotopic (exact) mass is 341 g/mol. The Morgan fingerprint density at radius 3 is 2.84 bits per heavy atom. The lowest BCUT2D eigenvalue weighted by molar-refractivity contribution is -0.129. The van der Waals surface area contributed by atoms with E-state index in [1.54, 1.807) is 0 Å². The number of carbonyl (C=O) groups excluding carboxylic acids is 2. The Morgan fingerprint density at radius 1 is 1.16 bits per heavy atom. The van der Waals surface area contributed by atoms with Crippen molar-refractivity contribution in [3.63, 3.8) is 0 Å². The zero-order chi connectivity index (χ0) is 17.2. The van der Waals surface area contributed by atoms with Crippen LogP contribution in [0.3, 0.4) is 0 Å². The Balaban J connectivity index is 1.42. The van der Waals surface area contributed by atoms with Crippen LogP contribution >= 0.6 is 0 Å². The number of benzene rings is 1. The summed E-state index contributed by atoms with van der Waals surface area (Å²) in [6.07, 6.45) is 7.25. The van der Waals surface area contributed by atoms with Gasteiger partial charge in [-0.1, -0.05) is 24.3 Å². The molecular formula is C20H27N3O2. The van der Waals surface area contributed by atoms with Gasteiger partial charge in [-0.3, -0.25) is 14.5 Å². The molecule has 1 aromatic rings. The molecule has 2 amide bonds. The molecule has 0 bridgehead atoms. The molecule has 2 fully saturated rings. The third-order valence-electron chi connectivity index (χ3n) is 5.71. The van der Waals surface area contributed by atoms with Gasteiger partial charge in [0.05, 0.1) is 6.54 Å². The Kier molecular flexibility index (Phi) is 4.75. The van der Waals surface area contributed by atoms with E-state index in [1.165, 1.54) is 24.0 Å². The van der Waals surface area contributed by atoms with Gasteiger partial charge < -0.3 is 10.6 Å². The maximum Gasteiger partial charge on any atom is 0.242 e. The molecule has 2 N–H and O–H groups in total. The fraction of sp³-hybridized carbons (Fsp3) is 0.600. The highest BCUT2D eigenvalue weighted by Gasteiger charge is 2.38. The summed E-state index contributed by atoms with van der Waals surface area (Å²) in [5.41, 5.74) is 2.80. The predicted molar refractivity (Wildman–Crippen MR) is 96.0 cm³/mol. The van der Waals surface area contributed by atoms with Gasteiger partial charge in [-0.05, 0) is 56.1 Å². The van der Waals surface area contributed by atoms with E-state index in [2.05, 4.69) is 39.8 Å². The van der Waals surface area contributed by atoms with E-state index in [0.29, 0.717) is 18.6 Å². The standard InChI is InChI=1S/C20H27N3O2/c24-19(22-17-7-3-4-12-21-20(17)25)13-23(15-9-10-15)18-11-8-14-5-1-2-6-16(14)18/h1-2,5-6,15,17-18H,3-4,7-13H2,(H,21,25)(H,22,24)/t17-,18-/m1/s1. The fourth-order valence-electron chi connectivity index (χ4n) is 4.26. The number of hydrogen-bond acceptors (Lipinski definition) is 3. The van der Waals surface area contributed by atoms with Gasteiger partial charge in [0.15, 0.2) is 0 Å². The molecule has 1 aromatic carbocycles. The number of nitrogens with zero attached hydrogens (tertiary/aromatic N) is 1. The quantitative estimate of drug-likeness (QED) is 0.860. The molecule has 0 unspecified atom stereocenters. The van der Waals surface area contributed by atoms with Gasteiger partial charge in [0.2, 0.25) is 11.8 Å². The van der Waals surface area contributed by atoms with E-state index in [1.807, 2.05) is 0 Å². The molecule has 1 saturated heterocycles. The van der Waals surface area contributed by atoms with Crippen molar-refractivity contribution >= 4 is 11.8 Å². The van der Waals surface area contributed by atoms with Crippen molar-refractivity contribution in [1.82, 2.24) is 15.5 Å². The number of aryl methyl sites for hydroxylation is 1. The molecule has 2 aliphatic carbocycles. The SMILES string of the molecule is O=C(CN(C1CC1)[C@@H]1CCc2ccccc21)N[C@@H]1CCCCNC1=O. The molecule has 2 atom stereocenters. The second kappa shape index (κ2) is 7.16. The maximum atomic E-state index is 12.6. The lowest BCUT2D eigenvalue weighted by Crippen LogP contribution is -2.49.